The molecule has 0 bridgehead atoms. The van der Waals surface area contributed by atoms with E-state index in [1.54, 1.807) is 19.2 Å². The lowest BCUT2D eigenvalue weighted by Crippen LogP contribution is -2.06. The fraction of sp³-hybridized carbons (Fsp3) is 0.250. The summed E-state index contributed by atoms with van der Waals surface area (Å²) in [5, 5.41) is 11.0. The Bertz CT molecular complexity index is 699. The number of nitrogens with two attached hydrogens (primary N) is 1. The molecule has 2 aromatic carbocycles. The normalized spacial score (nSPS) is 11.8. The van der Waals surface area contributed by atoms with Gasteiger partial charge in [0.1, 0.15) is 0 Å². The topological polar surface area (TPSA) is 87.6 Å². The fourth-order valence-electron chi connectivity index (χ4n) is 2.25. The van der Waals surface area contributed by atoms with Gasteiger partial charge in [0.2, 0.25) is 0 Å². The largest absolute Gasteiger partial charge is 0.493 e. The van der Waals surface area contributed by atoms with Gasteiger partial charge in [-0.25, -0.2) is 0 Å². The predicted molar refractivity (Wildman–Crippen MR) is 84.2 cm³/mol. The van der Waals surface area contributed by atoms with E-state index in [0.29, 0.717) is 22.6 Å². The smallest absolute Gasteiger partial charge is 0.270 e. The number of benzene rings is 2. The third kappa shape index (κ3) is 3.01. The summed E-state index contributed by atoms with van der Waals surface area (Å²) in [5.41, 5.74) is 8.21. The van der Waals surface area contributed by atoms with Crippen molar-refractivity contribution in [1.82, 2.24) is 0 Å². The van der Waals surface area contributed by atoms with Gasteiger partial charge in [-0.1, -0.05) is 12.1 Å². The first-order valence-corrected chi connectivity index (χ1v) is 6.74. The van der Waals surface area contributed by atoms with Crippen LogP contribution < -0.4 is 15.2 Å². The first-order chi connectivity index (χ1) is 10.5. The van der Waals surface area contributed by atoms with Gasteiger partial charge in [0.15, 0.2) is 11.5 Å². The van der Waals surface area contributed by atoms with Gasteiger partial charge in [-0.2, -0.15) is 0 Å². The maximum Gasteiger partial charge on any atom is 0.270 e. The van der Waals surface area contributed by atoms with Crippen molar-refractivity contribution in [3.05, 3.63) is 52.1 Å². The molecule has 22 heavy (non-hydrogen) atoms. The maximum absolute atomic E-state index is 11.0. The first-order valence-electron chi connectivity index (χ1n) is 6.74. The van der Waals surface area contributed by atoms with Gasteiger partial charge in [-0.3, -0.25) is 10.1 Å². The van der Waals surface area contributed by atoms with Crippen LogP contribution in [0.15, 0.2) is 36.4 Å². The molecular formula is C16H18N2O4. The van der Waals surface area contributed by atoms with E-state index >= 15 is 0 Å². The summed E-state index contributed by atoms with van der Waals surface area (Å²) in [6.07, 6.45) is 0. The molecule has 6 heteroatoms. The summed E-state index contributed by atoms with van der Waals surface area (Å²) >= 11 is 0. The molecule has 0 spiro atoms. The number of nitro groups is 1. The van der Waals surface area contributed by atoms with Crippen LogP contribution in [0.5, 0.6) is 11.5 Å². The highest BCUT2D eigenvalue weighted by Crippen LogP contribution is 2.41. The Morgan fingerprint density at radius 1 is 1.18 bits per heavy atom. The van der Waals surface area contributed by atoms with Crippen LogP contribution in [-0.4, -0.2) is 19.1 Å². The third-order valence-electron chi connectivity index (χ3n) is 3.39. The number of methoxy groups -OCH3 is 2. The molecule has 2 rings (SSSR count). The zero-order chi connectivity index (χ0) is 16.3. The molecule has 0 saturated heterocycles. The van der Waals surface area contributed by atoms with Crippen molar-refractivity contribution >= 4 is 5.69 Å². The molecule has 0 aliphatic rings. The highest BCUT2D eigenvalue weighted by molar-refractivity contribution is 5.76. The summed E-state index contributed by atoms with van der Waals surface area (Å²) in [6.45, 7) is 1.86. The second-order valence-electron chi connectivity index (χ2n) is 4.90. The van der Waals surface area contributed by atoms with Crippen LogP contribution in [0, 0.1) is 10.1 Å². The van der Waals surface area contributed by atoms with Gasteiger partial charge in [0, 0.05) is 23.7 Å². The van der Waals surface area contributed by atoms with Crippen LogP contribution in [0.4, 0.5) is 5.69 Å². The Hall–Kier alpha value is -2.60. The van der Waals surface area contributed by atoms with Crippen LogP contribution in [0.25, 0.3) is 11.1 Å². The van der Waals surface area contributed by atoms with Gasteiger partial charge in [-0.15, -0.1) is 0 Å². The average molecular weight is 302 g/mol. The molecular weight excluding hydrogens is 284 g/mol. The van der Waals surface area contributed by atoms with E-state index in [1.165, 1.54) is 19.2 Å². The zero-order valence-corrected chi connectivity index (χ0v) is 12.7. The van der Waals surface area contributed by atoms with E-state index in [0.717, 1.165) is 5.56 Å². The maximum atomic E-state index is 11.0. The summed E-state index contributed by atoms with van der Waals surface area (Å²) in [5.74, 6) is 1.06. The van der Waals surface area contributed by atoms with Crippen LogP contribution in [-0.2, 0) is 0 Å². The minimum absolute atomic E-state index is 0.0183. The Balaban J connectivity index is 2.69. The molecule has 2 aromatic rings. The van der Waals surface area contributed by atoms with Crippen molar-refractivity contribution in [2.24, 2.45) is 5.73 Å². The van der Waals surface area contributed by atoms with Crippen molar-refractivity contribution in [2.75, 3.05) is 14.2 Å². The molecule has 2 N–H and O–H groups in total. The summed E-state index contributed by atoms with van der Waals surface area (Å²) < 4.78 is 10.8. The molecule has 1 unspecified atom stereocenters. The molecule has 0 aliphatic carbocycles. The fourth-order valence-corrected chi connectivity index (χ4v) is 2.25. The van der Waals surface area contributed by atoms with Crippen LogP contribution in [0.1, 0.15) is 18.5 Å². The number of nitrogens with zero attached hydrogens (tertiary/aromatic N) is 1. The lowest BCUT2D eigenvalue weighted by molar-refractivity contribution is -0.384. The summed E-state index contributed by atoms with van der Waals surface area (Å²) in [4.78, 5) is 10.5. The van der Waals surface area contributed by atoms with E-state index in [9.17, 15) is 10.1 Å². The number of rotatable bonds is 5. The van der Waals surface area contributed by atoms with E-state index in [-0.39, 0.29) is 11.7 Å². The van der Waals surface area contributed by atoms with Crippen molar-refractivity contribution in [2.45, 2.75) is 13.0 Å². The lowest BCUT2D eigenvalue weighted by atomic mass is 9.98. The van der Waals surface area contributed by atoms with Crippen LogP contribution in [0.2, 0.25) is 0 Å². The molecule has 116 valence electrons. The van der Waals surface area contributed by atoms with Crippen molar-refractivity contribution in [1.29, 1.82) is 0 Å². The molecule has 0 amide bonds. The first kappa shape index (κ1) is 15.8. The molecule has 1 atom stereocenters. The Labute approximate surface area is 128 Å². The van der Waals surface area contributed by atoms with E-state index < -0.39 is 4.92 Å². The highest BCUT2D eigenvalue weighted by Gasteiger charge is 2.17. The molecule has 0 fully saturated rings. The molecule has 0 aromatic heterocycles. The molecule has 6 nitrogen and oxygen atoms in total. The molecule has 0 saturated carbocycles. The van der Waals surface area contributed by atoms with Gasteiger partial charge in [0.05, 0.1) is 19.1 Å². The lowest BCUT2D eigenvalue weighted by Gasteiger charge is -2.16. The Morgan fingerprint density at radius 3 is 2.45 bits per heavy atom. The van der Waals surface area contributed by atoms with Crippen LogP contribution in [0.3, 0.4) is 0 Å². The number of nitro benzene ring substituents is 1. The SMILES string of the molecule is COc1cc(C(C)N)cc(-c2cccc([N+](=O)[O-])c2)c1OC. The van der Waals surface area contributed by atoms with Crippen molar-refractivity contribution in [3.63, 3.8) is 0 Å². The number of non-ortho nitro benzene ring substituents is 1. The summed E-state index contributed by atoms with van der Waals surface area (Å²) in [6, 6.07) is 9.85. The van der Waals surface area contributed by atoms with Crippen molar-refractivity contribution in [3.8, 4) is 22.6 Å². The van der Waals surface area contributed by atoms with Gasteiger partial charge in [0.25, 0.3) is 5.69 Å². The minimum Gasteiger partial charge on any atom is -0.493 e. The minimum atomic E-state index is -0.428. The van der Waals surface area contributed by atoms with E-state index in [2.05, 4.69) is 0 Å². The quantitative estimate of drug-likeness (QED) is 0.676. The Kier molecular flexibility index (Phi) is 4.62. The van der Waals surface area contributed by atoms with Gasteiger partial charge < -0.3 is 15.2 Å². The van der Waals surface area contributed by atoms with Crippen LogP contribution >= 0.6 is 0 Å². The van der Waals surface area contributed by atoms with Gasteiger partial charge in [-0.05, 0) is 30.2 Å². The number of hydrogen-bond donors (Lipinski definition) is 1. The predicted octanol–water partition coefficient (Wildman–Crippen LogP) is 3.30. The molecule has 0 radical (unpaired) electrons. The zero-order valence-electron chi connectivity index (χ0n) is 12.7. The Morgan fingerprint density at radius 2 is 1.91 bits per heavy atom. The monoisotopic (exact) mass is 302 g/mol. The number of ether oxygens (including phenoxy) is 2. The summed E-state index contributed by atoms with van der Waals surface area (Å²) in [7, 11) is 3.07. The standard InChI is InChI=1S/C16H18N2O4/c1-10(17)12-8-14(16(22-3)15(9-12)21-2)11-5-4-6-13(7-11)18(19)20/h4-10H,17H2,1-3H3. The van der Waals surface area contributed by atoms with Crippen molar-refractivity contribution < 1.29 is 14.4 Å². The van der Waals surface area contributed by atoms with E-state index in [4.69, 9.17) is 15.2 Å². The third-order valence-corrected chi connectivity index (χ3v) is 3.39. The second kappa shape index (κ2) is 6.44. The van der Waals surface area contributed by atoms with E-state index in [1.807, 2.05) is 19.1 Å². The highest BCUT2D eigenvalue weighted by atomic mass is 16.6. The molecule has 0 aliphatic heterocycles. The van der Waals surface area contributed by atoms with Gasteiger partial charge >= 0.3 is 0 Å². The number of hydrogen-bond acceptors (Lipinski definition) is 5. The molecule has 0 heterocycles. The average Bonchev–Trinajstić information content (AvgIpc) is 2.53. The second-order valence-corrected chi connectivity index (χ2v) is 4.90.